The molecule has 0 aromatic heterocycles. The molecule has 0 fully saturated rings. The summed E-state index contributed by atoms with van der Waals surface area (Å²) in [6.07, 6.45) is 0. The van der Waals surface area contributed by atoms with Crippen molar-refractivity contribution in [2.24, 2.45) is 0 Å². The van der Waals surface area contributed by atoms with Crippen molar-refractivity contribution < 1.29 is 0 Å². The SMILES string of the molecule is Cc1ccc(C)c([Se]C#N)c1. The summed E-state index contributed by atoms with van der Waals surface area (Å²) in [4.78, 5) is 2.21. The summed E-state index contributed by atoms with van der Waals surface area (Å²) in [6, 6.07) is 6.24. The maximum atomic E-state index is 8.51. The van der Waals surface area contributed by atoms with Crippen LogP contribution in [0.3, 0.4) is 0 Å². The third-order valence-electron chi connectivity index (χ3n) is 1.50. The van der Waals surface area contributed by atoms with Crippen molar-refractivity contribution in [1.29, 1.82) is 5.26 Å². The minimum atomic E-state index is -0.00387. The molecule has 0 aliphatic carbocycles. The Morgan fingerprint density at radius 3 is 2.73 bits per heavy atom. The van der Waals surface area contributed by atoms with Crippen LogP contribution in [0.25, 0.3) is 0 Å². The Labute approximate surface area is 73.2 Å². The number of rotatable bonds is 1. The van der Waals surface area contributed by atoms with Crippen molar-refractivity contribution in [2.45, 2.75) is 13.8 Å². The van der Waals surface area contributed by atoms with Crippen LogP contribution in [-0.2, 0) is 0 Å². The standard InChI is InChI=1S/C9H9NSe/c1-7-3-4-8(2)9(5-7)11-6-10/h3-5H,1-2H3. The van der Waals surface area contributed by atoms with Crippen molar-refractivity contribution in [2.75, 3.05) is 0 Å². The van der Waals surface area contributed by atoms with Gasteiger partial charge in [0, 0.05) is 0 Å². The Morgan fingerprint density at radius 2 is 2.09 bits per heavy atom. The molecule has 0 N–H and O–H groups in total. The van der Waals surface area contributed by atoms with E-state index in [0.29, 0.717) is 0 Å². The van der Waals surface area contributed by atoms with Crippen LogP contribution in [0, 0.1) is 24.1 Å². The first kappa shape index (κ1) is 8.33. The molecular weight excluding hydrogens is 201 g/mol. The molecule has 0 spiro atoms. The molecule has 1 aromatic rings. The Balaban J connectivity index is 3.05. The number of nitriles is 1. The molecule has 0 saturated carbocycles. The van der Waals surface area contributed by atoms with E-state index < -0.39 is 0 Å². The Morgan fingerprint density at radius 1 is 1.36 bits per heavy atom. The van der Waals surface area contributed by atoms with E-state index in [4.69, 9.17) is 5.26 Å². The maximum absolute atomic E-state index is 8.51. The van der Waals surface area contributed by atoms with E-state index in [2.05, 4.69) is 30.1 Å². The van der Waals surface area contributed by atoms with Crippen LogP contribution < -0.4 is 4.46 Å². The fourth-order valence-electron chi connectivity index (χ4n) is 0.866. The fourth-order valence-corrected chi connectivity index (χ4v) is 2.07. The molecular formula is C9H9NSe. The van der Waals surface area contributed by atoms with Crippen molar-refractivity contribution in [3.8, 4) is 4.97 Å². The summed E-state index contributed by atoms with van der Waals surface area (Å²) in [5, 5.41) is 8.51. The van der Waals surface area contributed by atoms with Gasteiger partial charge in [-0.2, -0.15) is 0 Å². The van der Waals surface area contributed by atoms with Crippen molar-refractivity contribution in [3.05, 3.63) is 29.3 Å². The van der Waals surface area contributed by atoms with Crippen molar-refractivity contribution >= 4 is 19.4 Å². The van der Waals surface area contributed by atoms with Crippen LogP contribution in [0.5, 0.6) is 0 Å². The molecule has 1 rings (SSSR count). The Bertz CT molecular complexity index is 299. The number of benzene rings is 1. The molecule has 0 atom stereocenters. The molecule has 56 valence electrons. The third-order valence-corrected chi connectivity index (χ3v) is 3.07. The molecule has 0 heterocycles. The average Bonchev–Trinajstić information content (AvgIpc) is 1.98. The molecule has 0 bridgehead atoms. The number of aryl methyl sites for hydroxylation is 2. The Hall–Kier alpha value is -0.771. The van der Waals surface area contributed by atoms with Gasteiger partial charge < -0.3 is 0 Å². The van der Waals surface area contributed by atoms with Gasteiger partial charge in [-0.25, -0.2) is 0 Å². The zero-order chi connectivity index (χ0) is 8.27. The topological polar surface area (TPSA) is 23.8 Å². The molecule has 0 amide bonds. The van der Waals surface area contributed by atoms with Gasteiger partial charge in [-0.15, -0.1) is 0 Å². The monoisotopic (exact) mass is 211 g/mol. The van der Waals surface area contributed by atoms with Gasteiger partial charge in [-0.1, -0.05) is 0 Å². The first-order chi connectivity index (χ1) is 5.24. The van der Waals surface area contributed by atoms with Gasteiger partial charge in [-0.05, 0) is 0 Å². The van der Waals surface area contributed by atoms with E-state index in [1.165, 1.54) is 15.6 Å². The second kappa shape index (κ2) is 3.57. The summed E-state index contributed by atoms with van der Waals surface area (Å²) in [5.74, 6) is 0. The van der Waals surface area contributed by atoms with E-state index in [0.717, 1.165) is 0 Å². The predicted molar refractivity (Wildman–Crippen MR) is 46.9 cm³/mol. The van der Waals surface area contributed by atoms with Crippen LogP contribution in [0.2, 0.25) is 0 Å². The van der Waals surface area contributed by atoms with E-state index in [9.17, 15) is 0 Å². The van der Waals surface area contributed by atoms with Gasteiger partial charge >= 0.3 is 72.8 Å². The van der Waals surface area contributed by atoms with Gasteiger partial charge in [0.25, 0.3) is 0 Å². The summed E-state index contributed by atoms with van der Waals surface area (Å²) in [7, 11) is 0. The van der Waals surface area contributed by atoms with Crippen molar-refractivity contribution in [1.82, 2.24) is 0 Å². The summed E-state index contributed by atoms with van der Waals surface area (Å²) in [6.45, 7) is 4.10. The summed E-state index contributed by atoms with van der Waals surface area (Å²) < 4.78 is 1.21. The fraction of sp³-hybridized carbons (Fsp3) is 0.222. The van der Waals surface area contributed by atoms with E-state index in [1.54, 1.807) is 0 Å². The third kappa shape index (κ3) is 2.08. The second-order valence-corrected chi connectivity index (χ2v) is 4.20. The van der Waals surface area contributed by atoms with Gasteiger partial charge in [0.05, 0.1) is 0 Å². The number of hydrogen-bond acceptors (Lipinski definition) is 1. The zero-order valence-electron chi connectivity index (χ0n) is 6.59. The van der Waals surface area contributed by atoms with Gasteiger partial charge in [0.15, 0.2) is 0 Å². The zero-order valence-corrected chi connectivity index (χ0v) is 8.30. The first-order valence-corrected chi connectivity index (χ1v) is 5.08. The summed E-state index contributed by atoms with van der Waals surface area (Å²) >= 11 is -0.00387. The molecule has 1 aromatic carbocycles. The van der Waals surface area contributed by atoms with Crippen LogP contribution in [0.15, 0.2) is 18.2 Å². The molecule has 1 nitrogen and oxygen atoms in total. The first-order valence-electron chi connectivity index (χ1n) is 3.37. The quantitative estimate of drug-likeness (QED) is 0.637. The molecule has 0 unspecified atom stereocenters. The minimum absolute atomic E-state index is 0.00387. The molecule has 0 radical (unpaired) electrons. The molecule has 0 aliphatic heterocycles. The van der Waals surface area contributed by atoms with Crippen LogP contribution in [0.4, 0.5) is 0 Å². The number of hydrogen-bond donors (Lipinski definition) is 0. The van der Waals surface area contributed by atoms with Gasteiger partial charge in [-0.3, -0.25) is 0 Å². The van der Waals surface area contributed by atoms with Crippen LogP contribution >= 0.6 is 0 Å². The molecule has 11 heavy (non-hydrogen) atoms. The molecule has 0 saturated heterocycles. The van der Waals surface area contributed by atoms with E-state index >= 15 is 0 Å². The summed E-state index contributed by atoms with van der Waals surface area (Å²) in [5.41, 5.74) is 2.47. The van der Waals surface area contributed by atoms with E-state index in [1.807, 2.05) is 6.92 Å². The second-order valence-electron chi connectivity index (χ2n) is 2.46. The van der Waals surface area contributed by atoms with Crippen LogP contribution in [-0.4, -0.2) is 15.0 Å². The molecule has 2 heteroatoms. The molecule has 0 aliphatic rings. The van der Waals surface area contributed by atoms with Gasteiger partial charge in [0.2, 0.25) is 0 Å². The normalized spacial score (nSPS) is 9.18. The average molecular weight is 210 g/mol. The number of nitrogens with zero attached hydrogens (tertiary/aromatic N) is 1. The van der Waals surface area contributed by atoms with Crippen LogP contribution in [0.1, 0.15) is 11.1 Å². The van der Waals surface area contributed by atoms with Crippen molar-refractivity contribution in [3.63, 3.8) is 0 Å². The predicted octanol–water partition coefficient (Wildman–Crippen LogP) is 1.11. The van der Waals surface area contributed by atoms with E-state index in [-0.39, 0.29) is 15.0 Å². The van der Waals surface area contributed by atoms with Gasteiger partial charge in [0.1, 0.15) is 0 Å². The Kier molecular flexibility index (Phi) is 2.70.